The molecule has 0 amide bonds. The third kappa shape index (κ3) is 3.54. The third-order valence-electron chi connectivity index (χ3n) is 2.24. The lowest BCUT2D eigenvalue weighted by molar-refractivity contribution is 0.411. The fraction of sp³-hybridized carbons (Fsp3) is 0.200. The first-order chi connectivity index (χ1) is 9.46. The van der Waals surface area contributed by atoms with Gasteiger partial charge in [-0.1, -0.05) is 23.1 Å². The van der Waals surface area contributed by atoms with Gasteiger partial charge in [0.25, 0.3) is 10.0 Å². The van der Waals surface area contributed by atoms with E-state index in [9.17, 15) is 8.42 Å². The molecule has 0 fully saturated rings. The number of anilines is 1. The Bertz CT molecular complexity index is 718. The van der Waals surface area contributed by atoms with Crippen LogP contribution in [-0.4, -0.2) is 32.0 Å². The standard InChI is InChI=1S/C10H10IN3O3S3/c1-17-8-4-3-6(5-7(8)11)20(15,16)14-9-12-13-10(18-2)19-9/h3-5H,1-2H3,(H,12,14). The second kappa shape index (κ2) is 6.45. The Hall–Kier alpha value is -0.590. The van der Waals surface area contributed by atoms with Crippen molar-refractivity contribution in [2.45, 2.75) is 9.24 Å². The van der Waals surface area contributed by atoms with Crippen molar-refractivity contribution in [3.05, 3.63) is 21.8 Å². The Morgan fingerprint density at radius 2 is 2.15 bits per heavy atom. The molecule has 1 heterocycles. The van der Waals surface area contributed by atoms with E-state index in [0.29, 0.717) is 10.1 Å². The second-order valence-electron chi connectivity index (χ2n) is 3.48. The number of halogens is 1. The summed E-state index contributed by atoms with van der Waals surface area (Å²) in [4.78, 5) is 0.156. The molecular formula is C10H10IN3O3S3. The molecule has 108 valence electrons. The number of aromatic nitrogens is 2. The van der Waals surface area contributed by atoms with E-state index in [1.807, 2.05) is 28.8 Å². The van der Waals surface area contributed by atoms with Crippen LogP contribution in [0.3, 0.4) is 0 Å². The highest BCUT2D eigenvalue weighted by Crippen LogP contribution is 2.27. The van der Waals surface area contributed by atoms with Crippen molar-refractivity contribution < 1.29 is 13.2 Å². The first kappa shape index (κ1) is 15.8. The number of nitrogens with zero attached hydrogens (tertiary/aromatic N) is 2. The van der Waals surface area contributed by atoms with Gasteiger partial charge in [0, 0.05) is 0 Å². The van der Waals surface area contributed by atoms with Crippen LogP contribution in [0.25, 0.3) is 0 Å². The van der Waals surface area contributed by atoms with Crippen molar-refractivity contribution in [3.8, 4) is 5.75 Å². The lowest BCUT2D eigenvalue weighted by atomic mass is 10.3. The molecule has 6 nitrogen and oxygen atoms in total. The van der Waals surface area contributed by atoms with E-state index in [1.54, 1.807) is 6.07 Å². The molecule has 20 heavy (non-hydrogen) atoms. The van der Waals surface area contributed by atoms with Crippen LogP contribution in [0.15, 0.2) is 27.4 Å². The molecule has 0 saturated heterocycles. The summed E-state index contributed by atoms with van der Waals surface area (Å²) in [5, 5.41) is 7.88. The number of methoxy groups -OCH3 is 1. The molecule has 0 unspecified atom stereocenters. The number of nitrogens with one attached hydrogen (secondary N) is 1. The van der Waals surface area contributed by atoms with Gasteiger partial charge < -0.3 is 4.74 Å². The molecule has 10 heteroatoms. The normalized spacial score (nSPS) is 11.3. The number of hydrogen-bond donors (Lipinski definition) is 1. The third-order valence-corrected chi connectivity index (χ3v) is 6.36. The van der Waals surface area contributed by atoms with Gasteiger partial charge in [-0.25, -0.2) is 8.42 Å². The van der Waals surface area contributed by atoms with Gasteiger partial charge in [-0.2, -0.15) is 0 Å². The van der Waals surface area contributed by atoms with Crippen molar-refractivity contribution >= 4 is 60.8 Å². The summed E-state index contributed by atoms with van der Waals surface area (Å²) in [7, 11) is -2.13. The van der Waals surface area contributed by atoms with Gasteiger partial charge in [0.2, 0.25) is 5.13 Å². The minimum absolute atomic E-state index is 0.156. The Balaban J connectivity index is 2.28. The number of hydrogen-bond acceptors (Lipinski definition) is 7. The Kier molecular flexibility index (Phi) is 5.09. The summed E-state index contributed by atoms with van der Waals surface area (Å²) in [5.41, 5.74) is 0. The predicted molar refractivity (Wildman–Crippen MR) is 88.2 cm³/mol. The minimum atomic E-state index is -3.67. The molecule has 0 aliphatic heterocycles. The van der Waals surface area contributed by atoms with Gasteiger partial charge in [0.15, 0.2) is 4.34 Å². The number of rotatable bonds is 5. The van der Waals surface area contributed by atoms with Gasteiger partial charge in [-0.15, -0.1) is 10.2 Å². The second-order valence-corrected chi connectivity index (χ2v) is 8.35. The Labute approximate surface area is 138 Å². The zero-order valence-corrected chi connectivity index (χ0v) is 15.1. The van der Waals surface area contributed by atoms with Gasteiger partial charge in [0.1, 0.15) is 5.75 Å². The van der Waals surface area contributed by atoms with Crippen LogP contribution in [-0.2, 0) is 10.0 Å². The minimum Gasteiger partial charge on any atom is -0.496 e. The summed E-state index contributed by atoms with van der Waals surface area (Å²) >= 11 is 4.62. The smallest absolute Gasteiger partial charge is 0.263 e. The molecule has 0 bridgehead atoms. The molecule has 1 aromatic heterocycles. The van der Waals surface area contributed by atoms with E-state index in [4.69, 9.17) is 4.74 Å². The SMILES string of the molecule is COc1ccc(S(=O)(=O)Nc2nnc(SC)s2)cc1I. The topological polar surface area (TPSA) is 81.2 Å². The van der Waals surface area contributed by atoms with E-state index in [1.165, 1.54) is 42.3 Å². The van der Waals surface area contributed by atoms with Crippen molar-refractivity contribution in [1.82, 2.24) is 10.2 Å². The van der Waals surface area contributed by atoms with E-state index in [2.05, 4.69) is 14.9 Å². The largest absolute Gasteiger partial charge is 0.496 e. The molecule has 0 saturated carbocycles. The van der Waals surface area contributed by atoms with Crippen molar-refractivity contribution in [3.63, 3.8) is 0 Å². The van der Waals surface area contributed by atoms with Crippen LogP contribution in [0.4, 0.5) is 5.13 Å². The molecule has 0 radical (unpaired) electrons. The van der Waals surface area contributed by atoms with E-state index in [-0.39, 0.29) is 10.0 Å². The average Bonchev–Trinajstić information content (AvgIpc) is 2.85. The summed E-state index contributed by atoms with van der Waals surface area (Å²) in [6.07, 6.45) is 1.85. The fourth-order valence-corrected chi connectivity index (χ4v) is 4.69. The summed E-state index contributed by atoms with van der Waals surface area (Å²) < 4.78 is 33.4. The van der Waals surface area contributed by atoms with E-state index in [0.717, 1.165) is 3.57 Å². The lowest BCUT2D eigenvalue weighted by Gasteiger charge is -2.07. The Morgan fingerprint density at radius 3 is 2.70 bits per heavy atom. The van der Waals surface area contributed by atoms with Gasteiger partial charge in [-0.05, 0) is 47.0 Å². The molecular weight excluding hydrogens is 433 g/mol. The average molecular weight is 443 g/mol. The van der Waals surface area contributed by atoms with E-state index < -0.39 is 10.0 Å². The van der Waals surface area contributed by atoms with Crippen molar-refractivity contribution in [2.24, 2.45) is 0 Å². The van der Waals surface area contributed by atoms with Crippen LogP contribution >= 0.6 is 45.7 Å². The molecule has 2 rings (SSSR count). The van der Waals surface area contributed by atoms with Crippen LogP contribution in [0.5, 0.6) is 5.75 Å². The Morgan fingerprint density at radius 1 is 1.40 bits per heavy atom. The molecule has 2 aromatic rings. The molecule has 0 aliphatic carbocycles. The summed E-state index contributed by atoms with van der Waals surface area (Å²) in [6, 6.07) is 4.64. The highest BCUT2D eigenvalue weighted by Gasteiger charge is 2.18. The number of benzene rings is 1. The van der Waals surface area contributed by atoms with Gasteiger partial charge in [0.05, 0.1) is 15.6 Å². The van der Waals surface area contributed by atoms with E-state index >= 15 is 0 Å². The highest BCUT2D eigenvalue weighted by atomic mass is 127. The zero-order valence-electron chi connectivity index (χ0n) is 10.5. The molecule has 1 N–H and O–H groups in total. The first-order valence-corrected chi connectivity index (χ1v) is 9.80. The van der Waals surface area contributed by atoms with Crippen molar-refractivity contribution in [1.29, 1.82) is 0 Å². The number of thioether (sulfide) groups is 1. The maximum Gasteiger partial charge on any atom is 0.263 e. The zero-order chi connectivity index (χ0) is 14.8. The molecule has 0 atom stereocenters. The van der Waals surface area contributed by atoms with Crippen molar-refractivity contribution in [2.75, 3.05) is 18.1 Å². The van der Waals surface area contributed by atoms with Gasteiger partial charge >= 0.3 is 0 Å². The van der Waals surface area contributed by atoms with Crippen LogP contribution in [0.2, 0.25) is 0 Å². The van der Waals surface area contributed by atoms with Crippen LogP contribution < -0.4 is 9.46 Å². The number of ether oxygens (including phenoxy) is 1. The monoisotopic (exact) mass is 443 g/mol. The lowest BCUT2D eigenvalue weighted by Crippen LogP contribution is -2.13. The predicted octanol–water partition coefficient (Wildman–Crippen LogP) is 2.67. The maximum atomic E-state index is 12.2. The number of sulfonamides is 1. The maximum absolute atomic E-state index is 12.2. The summed E-state index contributed by atoms with van der Waals surface area (Å²) in [5.74, 6) is 0.630. The quantitative estimate of drug-likeness (QED) is 0.566. The summed E-state index contributed by atoms with van der Waals surface area (Å²) in [6.45, 7) is 0. The van der Waals surface area contributed by atoms with Crippen LogP contribution in [0, 0.1) is 3.57 Å². The molecule has 1 aromatic carbocycles. The fourth-order valence-electron chi connectivity index (χ4n) is 1.32. The molecule has 0 aliphatic rings. The van der Waals surface area contributed by atoms with Gasteiger partial charge in [-0.3, -0.25) is 4.72 Å². The first-order valence-electron chi connectivity index (χ1n) is 5.20. The van der Waals surface area contributed by atoms with Crippen LogP contribution in [0.1, 0.15) is 0 Å². The molecule has 0 spiro atoms. The highest BCUT2D eigenvalue weighted by molar-refractivity contribution is 14.1.